The van der Waals surface area contributed by atoms with Crippen LogP contribution in [0.1, 0.15) is 178 Å². The van der Waals surface area contributed by atoms with Crippen LogP contribution < -0.4 is 75.7 Å². The van der Waals surface area contributed by atoms with Crippen molar-refractivity contribution in [2.45, 2.75) is 252 Å². The number of nitrogens with one attached hydrogen (secondary N) is 11. The summed E-state index contributed by atoms with van der Waals surface area (Å²) < 4.78 is 0. The fourth-order valence-corrected chi connectivity index (χ4v) is 12.1. The second-order valence-corrected chi connectivity index (χ2v) is 29.3. The number of aliphatic hydroxyl groups is 1. The summed E-state index contributed by atoms with van der Waals surface area (Å²) in [6, 6.07) is 3.09. The molecule has 1 fully saturated rings. The summed E-state index contributed by atoms with van der Waals surface area (Å²) in [4.78, 5) is 183. The van der Waals surface area contributed by atoms with Gasteiger partial charge in [0.15, 0.2) is 0 Å². The second kappa shape index (κ2) is 47.1. The number of carbonyl (C=O) groups is 13. The van der Waals surface area contributed by atoms with Gasteiger partial charge in [-0.2, -0.15) is 0 Å². The summed E-state index contributed by atoms with van der Waals surface area (Å²) in [5, 5.41) is 49.8. The number of likely N-dealkylation sites (tertiary alicyclic amines) is 1. The number of carboxylic acid groups (broad SMARTS) is 1. The Labute approximate surface area is 619 Å². The number of amides is 12. The Morgan fingerprint density at radius 1 is 0.467 bits per heavy atom. The number of rotatable bonds is 48. The Morgan fingerprint density at radius 2 is 0.886 bits per heavy atom. The molecular weight excluding hydrogens is 1350 g/mol. The van der Waals surface area contributed by atoms with Gasteiger partial charge in [-0.05, 0) is 137 Å². The van der Waals surface area contributed by atoms with Gasteiger partial charge in [-0.1, -0.05) is 157 Å². The molecule has 2 aromatic carbocycles. The van der Waals surface area contributed by atoms with Crippen molar-refractivity contribution in [2.75, 3.05) is 32.8 Å². The van der Waals surface area contributed by atoms with Crippen molar-refractivity contribution in [1.29, 1.82) is 0 Å². The molecule has 2 aromatic rings. The van der Waals surface area contributed by atoms with Gasteiger partial charge in [-0.25, -0.2) is 4.79 Å². The second-order valence-electron chi connectivity index (χ2n) is 29.3. The van der Waals surface area contributed by atoms with E-state index in [1.54, 1.807) is 71.9 Å². The molecule has 0 bridgehead atoms. The molecule has 30 heteroatoms. The molecule has 1 aliphatic rings. The van der Waals surface area contributed by atoms with Crippen molar-refractivity contribution in [3.05, 3.63) is 71.8 Å². The smallest absolute Gasteiger partial charge is 0.326 e. The lowest BCUT2D eigenvalue weighted by Crippen LogP contribution is -2.62. The lowest BCUT2D eigenvalue weighted by molar-refractivity contribution is -0.144. The van der Waals surface area contributed by atoms with Gasteiger partial charge in [0.1, 0.15) is 66.5 Å². The van der Waals surface area contributed by atoms with Gasteiger partial charge in [-0.15, -0.1) is 0 Å². The standard InChI is InChI=1S/C75H123N15O15/c1-13-47(11)62(73(102)86-57(75(104)105)38-45(7)8)88-67(96)53(31-22-24-34-77)82-71(100)59-32-25-35-90(59)74(103)63(48(12)14-2)89-69(98)55(37-44(5)6)84-66(95)52(30-21-23-33-76)81-68(97)54(36-43(3)4)85-72(101)61(46(9)10)87-70(99)58(42-91)80-60(92)41-79-65(94)56(40-50-28-19-16-20-29-50)83-64(93)51(78)39-49-26-17-15-18-27-49/h15-20,26-29,43-48,51-59,61-63,91H,13-14,21-25,30-42,76-78H2,1-12H3,(H,79,94)(H,80,92)(H,81,97)(H,82,100)(H,83,93)(H,84,95)(H,85,101)(H,86,102)(H,87,99)(H,88,96)(H,89,98)(H,104,105)/t47-,48-,51-,52-,53-,54-,55-,56-,57-,58-,59-,61-,62-,63-/m1/s1. The van der Waals surface area contributed by atoms with E-state index < -0.39 is 180 Å². The minimum Gasteiger partial charge on any atom is -0.480 e. The summed E-state index contributed by atoms with van der Waals surface area (Å²) in [6.45, 7) is 20.4. The maximum Gasteiger partial charge on any atom is 0.326 e. The molecule has 3 rings (SSSR count). The molecule has 588 valence electrons. The van der Waals surface area contributed by atoms with E-state index in [0.717, 1.165) is 5.56 Å². The van der Waals surface area contributed by atoms with Gasteiger partial charge in [0.2, 0.25) is 70.9 Å². The van der Waals surface area contributed by atoms with E-state index in [1.165, 1.54) is 4.90 Å². The third-order valence-electron chi connectivity index (χ3n) is 18.6. The number of hydrogen-bond acceptors (Lipinski definition) is 17. The van der Waals surface area contributed by atoms with Crippen LogP contribution in [0.2, 0.25) is 0 Å². The molecule has 12 amide bonds. The first-order valence-electron chi connectivity index (χ1n) is 37.4. The summed E-state index contributed by atoms with van der Waals surface area (Å²) >= 11 is 0. The minimum absolute atomic E-state index is 0.0429. The normalized spacial score (nSPS) is 16.6. The van der Waals surface area contributed by atoms with E-state index >= 15 is 0 Å². The van der Waals surface area contributed by atoms with Gasteiger partial charge in [0.05, 0.1) is 19.2 Å². The molecule has 19 N–H and O–H groups in total. The number of benzene rings is 2. The third-order valence-corrected chi connectivity index (χ3v) is 18.6. The first-order chi connectivity index (χ1) is 49.7. The van der Waals surface area contributed by atoms with E-state index in [0.29, 0.717) is 57.1 Å². The van der Waals surface area contributed by atoms with Gasteiger partial charge in [0, 0.05) is 13.0 Å². The average Bonchev–Trinajstić information content (AvgIpc) is 1.75. The van der Waals surface area contributed by atoms with Crippen LogP contribution in [-0.4, -0.2) is 197 Å². The molecule has 1 aliphatic heterocycles. The zero-order valence-electron chi connectivity index (χ0n) is 63.7. The highest BCUT2D eigenvalue weighted by Gasteiger charge is 2.43. The van der Waals surface area contributed by atoms with Gasteiger partial charge < -0.3 is 90.8 Å². The van der Waals surface area contributed by atoms with Crippen molar-refractivity contribution in [1.82, 2.24) is 63.4 Å². The van der Waals surface area contributed by atoms with Crippen molar-refractivity contribution in [2.24, 2.45) is 52.7 Å². The summed E-state index contributed by atoms with van der Waals surface area (Å²) in [5.74, 6) is -12.2. The molecule has 0 unspecified atom stereocenters. The van der Waals surface area contributed by atoms with E-state index in [1.807, 2.05) is 71.9 Å². The predicted molar refractivity (Wildman–Crippen MR) is 398 cm³/mol. The van der Waals surface area contributed by atoms with Crippen LogP contribution in [-0.2, 0) is 75.2 Å². The molecule has 14 atom stereocenters. The lowest BCUT2D eigenvalue weighted by Gasteiger charge is -2.33. The quantitative estimate of drug-likeness (QED) is 0.0411. The monoisotopic (exact) mass is 1470 g/mol. The van der Waals surface area contributed by atoms with Crippen LogP contribution in [0.15, 0.2) is 60.7 Å². The maximum atomic E-state index is 14.9. The average molecular weight is 1470 g/mol. The van der Waals surface area contributed by atoms with Crippen molar-refractivity contribution >= 4 is 76.9 Å². The van der Waals surface area contributed by atoms with Gasteiger partial charge in [-0.3, -0.25) is 57.5 Å². The first-order valence-corrected chi connectivity index (χ1v) is 37.4. The Kier molecular flexibility index (Phi) is 40.6. The molecule has 0 radical (unpaired) electrons. The number of aliphatic hydroxyl groups excluding tert-OH is 1. The first kappa shape index (κ1) is 90.6. The van der Waals surface area contributed by atoms with Crippen molar-refractivity contribution in [3.63, 3.8) is 0 Å². The largest absolute Gasteiger partial charge is 0.480 e. The van der Waals surface area contributed by atoms with Crippen LogP contribution >= 0.6 is 0 Å². The predicted octanol–water partition coefficient (Wildman–Crippen LogP) is 0.976. The van der Waals surface area contributed by atoms with Gasteiger partial charge in [0.25, 0.3) is 0 Å². The molecular formula is C75H123N15O15. The Morgan fingerprint density at radius 3 is 1.39 bits per heavy atom. The lowest BCUT2D eigenvalue weighted by atomic mass is 9.95. The van der Waals surface area contributed by atoms with E-state index in [9.17, 15) is 72.5 Å². The zero-order valence-corrected chi connectivity index (χ0v) is 63.7. The molecule has 0 spiro atoms. The molecule has 0 saturated carbocycles. The highest BCUT2D eigenvalue weighted by molar-refractivity contribution is 6.00. The van der Waals surface area contributed by atoms with Gasteiger partial charge >= 0.3 is 5.97 Å². The SMILES string of the molecule is CC[C@@H](C)[C@@H](NC(=O)[C@@H](CCCCN)NC(=O)[C@H]1CCCN1C(=O)[C@H](NC(=O)[C@@H](CC(C)C)NC(=O)[C@@H](CCCCN)NC(=O)[C@@H](CC(C)C)NC(=O)[C@H](NC(=O)[C@@H](CO)NC(=O)CNC(=O)[C@@H](Cc1ccccc1)NC(=O)[C@H](N)Cc1ccccc1)C(C)C)[C@H](C)CC)C(=O)N[C@H](CC(C)C)C(=O)O. The van der Waals surface area contributed by atoms with Crippen LogP contribution in [0.5, 0.6) is 0 Å². The van der Waals surface area contributed by atoms with Crippen molar-refractivity contribution in [3.8, 4) is 0 Å². The number of aliphatic carboxylic acids is 1. The Bertz CT molecular complexity index is 3120. The molecule has 1 heterocycles. The van der Waals surface area contributed by atoms with Crippen molar-refractivity contribution < 1.29 is 72.5 Å². The molecule has 0 aromatic heterocycles. The van der Waals surface area contributed by atoms with Crippen LogP contribution in [0, 0.1) is 35.5 Å². The van der Waals surface area contributed by atoms with Crippen LogP contribution in [0.25, 0.3) is 0 Å². The number of nitrogens with zero attached hydrogens (tertiary/aromatic N) is 1. The number of carbonyl (C=O) groups excluding carboxylic acids is 12. The Balaban J connectivity index is 1.81. The van der Waals surface area contributed by atoms with Crippen LogP contribution in [0.4, 0.5) is 0 Å². The number of hydrogen-bond donors (Lipinski definition) is 16. The summed E-state index contributed by atoms with van der Waals surface area (Å²) in [7, 11) is 0. The highest BCUT2D eigenvalue weighted by Crippen LogP contribution is 2.24. The fraction of sp³-hybridized carbons (Fsp3) is 0.667. The molecule has 30 nitrogen and oxygen atoms in total. The number of unbranched alkanes of at least 4 members (excludes halogenated alkanes) is 2. The minimum atomic E-state index is -1.63. The molecule has 0 aliphatic carbocycles. The van der Waals surface area contributed by atoms with E-state index in [4.69, 9.17) is 17.2 Å². The summed E-state index contributed by atoms with van der Waals surface area (Å²) in [6.07, 6.45) is 3.87. The van der Waals surface area contributed by atoms with E-state index in [-0.39, 0.29) is 82.2 Å². The zero-order chi connectivity index (χ0) is 78.6. The fourth-order valence-electron chi connectivity index (χ4n) is 12.1. The number of carboxylic acids is 1. The van der Waals surface area contributed by atoms with Crippen LogP contribution in [0.3, 0.4) is 0 Å². The molecule has 105 heavy (non-hydrogen) atoms. The number of nitrogens with two attached hydrogens (primary N) is 3. The summed E-state index contributed by atoms with van der Waals surface area (Å²) in [5.41, 5.74) is 19.4. The third kappa shape index (κ3) is 31.5. The maximum absolute atomic E-state index is 14.9. The molecule has 1 saturated heterocycles. The highest BCUT2D eigenvalue weighted by atomic mass is 16.4. The topological polar surface area (TPSA) is 476 Å². The van der Waals surface area contributed by atoms with E-state index in [2.05, 4.69) is 58.5 Å². The Hall–Kier alpha value is -8.61.